The largest absolute Gasteiger partial charge is 0.481 e. The maximum Gasteiger partial charge on any atom is 0.307 e. The maximum atomic E-state index is 11.8. The van der Waals surface area contributed by atoms with Gasteiger partial charge < -0.3 is 5.11 Å². The summed E-state index contributed by atoms with van der Waals surface area (Å²) in [5, 5.41) is 8.57. The van der Waals surface area contributed by atoms with E-state index in [2.05, 4.69) is 4.36 Å². The molecule has 0 saturated carbocycles. The van der Waals surface area contributed by atoms with Gasteiger partial charge in [-0.15, -0.1) is 0 Å². The number of carbonyl (C=O) groups is 1. The number of hydrogen-bond donors (Lipinski definition) is 1. The summed E-state index contributed by atoms with van der Waals surface area (Å²) in [5.41, 5.74) is 0.692. The average Bonchev–Trinajstić information content (AvgIpc) is 2.18. The molecule has 1 N–H and O–H groups in total. The smallest absolute Gasteiger partial charge is 0.307 e. The van der Waals surface area contributed by atoms with Crippen LogP contribution in [0.5, 0.6) is 0 Å². The highest BCUT2D eigenvalue weighted by atomic mass is 32.2. The first-order valence-electron chi connectivity index (χ1n) is 4.37. The number of aliphatic carboxylic acids is 1. The molecule has 5 heteroatoms. The van der Waals surface area contributed by atoms with Crippen LogP contribution in [-0.4, -0.2) is 28.6 Å². The Balaban J connectivity index is 3.01. The number of carboxylic acid groups (broad SMARTS) is 1. The van der Waals surface area contributed by atoms with Crippen molar-refractivity contribution in [3.63, 3.8) is 0 Å². The van der Waals surface area contributed by atoms with E-state index < -0.39 is 15.7 Å². The molecule has 0 bridgehead atoms. The van der Waals surface area contributed by atoms with Crippen molar-refractivity contribution >= 4 is 15.7 Å². The van der Waals surface area contributed by atoms with E-state index in [-0.39, 0.29) is 6.42 Å². The Morgan fingerprint density at radius 3 is 2.33 bits per heavy atom. The number of hydrogen-bond acceptors (Lipinski definition) is 3. The van der Waals surface area contributed by atoms with Crippen molar-refractivity contribution < 1.29 is 14.1 Å². The van der Waals surface area contributed by atoms with Gasteiger partial charge in [-0.05, 0) is 17.7 Å². The van der Waals surface area contributed by atoms with Crippen molar-refractivity contribution in [2.45, 2.75) is 11.3 Å². The van der Waals surface area contributed by atoms with Crippen LogP contribution in [0.1, 0.15) is 5.56 Å². The molecule has 0 radical (unpaired) electrons. The van der Waals surface area contributed by atoms with E-state index in [9.17, 15) is 9.00 Å². The minimum Gasteiger partial charge on any atom is -0.481 e. The fourth-order valence-electron chi connectivity index (χ4n) is 1.14. The highest BCUT2D eigenvalue weighted by Crippen LogP contribution is 2.12. The van der Waals surface area contributed by atoms with Crippen LogP contribution in [0.4, 0.5) is 0 Å². The molecule has 1 unspecified atom stereocenters. The molecule has 1 atom stereocenters. The molecule has 0 aliphatic rings. The summed E-state index contributed by atoms with van der Waals surface area (Å²) in [6.45, 7) is 0. The molecule has 1 aromatic carbocycles. The first-order chi connectivity index (χ1) is 6.95. The topological polar surface area (TPSA) is 66.7 Å². The third-order valence-corrected chi connectivity index (χ3v) is 3.91. The zero-order valence-corrected chi connectivity index (χ0v) is 9.45. The van der Waals surface area contributed by atoms with Gasteiger partial charge in [0.25, 0.3) is 0 Å². The van der Waals surface area contributed by atoms with Gasteiger partial charge in [-0.2, -0.15) is 0 Å². The molecule has 0 aromatic heterocycles. The third kappa shape index (κ3) is 3.06. The monoisotopic (exact) mass is 227 g/mol. The number of rotatable bonds is 3. The molecule has 82 valence electrons. The Kier molecular flexibility index (Phi) is 3.47. The van der Waals surface area contributed by atoms with Crippen LogP contribution >= 0.6 is 0 Å². The van der Waals surface area contributed by atoms with Crippen LogP contribution in [0, 0.1) is 0 Å². The summed E-state index contributed by atoms with van der Waals surface area (Å²) in [5.74, 6) is -0.875. The average molecular weight is 227 g/mol. The second kappa shape index (κ2) is 4.44. The van der Waals surface area contributed by atoms with Gasteiger partial charge in [0.2, 0.25) is 0 Å². The fraction of sp³-hybridized carbons (Fsp3) is 0.300. The zero-order valence-electron chi connectivity index (χ0n) is 8.64. The minimum atomic E-state index is -2.32. The molecule has 1 aromatic rings. The van der Waals surface area contributed by atoms with Crippen LogP contribution in [0.2, 0.25) is 0 Å². The number of benzene rings is 1. The Morgan fingerprint density at radius 1 is 1.40 bits per heavy atom. The van der Waals surface area contributed by atoms with E-state index in [4.69, 9.17) is 5.11 Å². The SMILES string of the molecule is CN=S(C)(=O)c1ccc(CC(=O)O)cc1. The normalized spacial score (nSPS) is 14.3. The lowest BCUT2D eigenvalue weighted by atomic mass is 10.2. The fourth-order valence-corrected chi connectivity index (χ4v) is 1.99. The van der Waals surface area contributed by atoms with Gasteiger partial charge >= 0.3 is 5.97 Å². The minimum absolute atomic E-state index is 0.0194. The Morgan fingerprint density at radius 2 is 1.93 bits per heavy atom. The van der Waals surface area contributed by atoms with Crippen molar-refractivity contribution in [2.24, 2.45) is 4.36 Å². The molecule has 0 spiro atoms. The quantitative estimate of drug-likeness (QED) is 0.848. The number of carboxylic acids is 1. The molecule has 0 saturated heterocycles. The van der Waals surface area contributed by atoms with Crippen molar-refractivity contribution in [2.75, 3.05) is 13.3 Å². The standard InChI is InChI=1S/C10H13NO3S/c1-11-15(2,14)9-5-3-8(4-6-9)7-10(12)13/h3-6H,7H2,1-2H3,(H,12,13). The molecule has 4 nitrogen and oxygen atoms in total. The molecular weight excluding hydrogens is 214 g/mol. The van der Waals surface area contributed by atoms with Gasteiger partial charge in [-0.3, -0.25) is 4.79 Å². The van der Waals surface area contributed by atoms with Gasteiger partial charge in [-0.25, -0.2) is 8.57 Å². The van der Waals surface area contributed by atoms with Crippen LogP contribution < -0.4 is 0 Å². The van der Waals surface area contributed by atoms with Gasteiger partial charge in [0, 0.05) is 18.2 Å². The second-order valence-electron chi connectivity index (χ2n) is 3.20. The molecular formula is C10H13NO3S. The van der Waals surface area contributed by atoms with Gasteiger partial charge in [0.05, 0.1) is 16.1 Å². The summed E-state index contributed by atoms with van der Waals surface area (Å²) in [6.07, 6.45) is 1.54. The summed E-state index contributed by atoms with van der Waals surface area (Å²) >= 11 is 0. The molecule has 15 heavy (non-hydrogen) atoms. The van der Waals surface area contributed by atoms with Crippen LogP contribution in [0.25, 0.3) is 0 Å². The molecule has 0 amide bonds. The zero-order chi connectivity index (χ0) is 11.5. The molecule has 1 rings (SSSR count). The summed E-state index contributed by atoms with van der Waals surface area (Å²) < 4.78 is 15.6. The summed E-state index contributed by atoms with van der Waals surface area (Å²) in [6, 6.07) is 6.65. The Bertz CT molecular complexity index is 470. The van der Waals surface area contributed by atoms with Gasteiger partial charge in [0.15, 0.2) is 0 Å². The van der Waals surface area contributed by atoms with Crippen LogP contribution in [-0.2, 0) is 20.9 Å². The summed E-state index contributed by atoms with van der Waals surface area (Å²) in [7, 11) is -0.808. The lowest BCUT2D eigenvalue weighted by Crippen LogP contribution is -2.01. The second-order valence-corrected chi connectivity index (χ2v) is 5.64. The predicted molar refractivity (Wildman–Crippen MR) is 58.5 cm³/mol. The molecule has 0 aliphatic carbocycles. The molecule has 0 aliphatic heterocycles. The molecule has 0 fully saturated rings. The van der Waals surface area contributed by atoms with Crippen LogP contribution in [0.3, 0.4) is 0 Å². The van der Waals surface area contributed by atoms with E-state index in [1.54, 1.807) is 30.5 Å². The maximum absolute atomic E-state index is 11.8. The van der Waals surface area contributed by atoms with E-state index in [0.29, 0.717) is 10.5 Å². The Hall–Kier alpha value is -1.36. The van der Waals surface area contributed by atoms with Crippen molar-refractivity contribution in [3.05, 3.63) is 29.8 Å². The highest BCUT2D eigenvalue weighted by Gasteiger charge is 2.05. The summed E-state index contributed by atoms with van der Waals surface area (Å²) in [4.78, 5) is 11.1. The third-order valence-electron chi connectivity index (χ3n) is 2.06. The van der Waals surface area contributed by atoms with E-state index in [1.165, 1.54) is 7.05 Å². The lowest BCUT2D eigenvalue weighted by Gasteiger charge is -2.03. The number of nitrogens with zero attached hydrogens (tertiary/aromatic N) is 1. The van der Waals surface area contributed by atoms with Crippen molar-refractivity contribution in [3.8, 4) is 0 Å². The van der Waals surface area contributed by atoms with E-state index in [1.807, 2.05) is 0 Å². The van der Waals surface area contributed by atoms with Crippen LogP contribution in [0.15, 0.2) is 33.5 Å². The van der Waals surface area contributed by atoms with Crippen molar-refractivity contribution in [1.82, 2.24) is 0 Å². The predicted octanol–water partition coefficient (Wildman–Crippen LogP) is 1.40. The first kappa shape index (κ1) is 11.7. The highest BCUT2D eigenvalue weighted by molar-refractivity contribution is 7.93. The lowest BCUT2D eigenvalue weighted by molar-refractivity contribution is -0.136. The van der Waals surface area contributed by atoms with Gasteiger partial charge in [0.1, 0.15) is 0 Å². The van der Waals surface area contributed by atoms with Crippen molar-refractivity contribution in [1.29, 1.82) is 0 Å². The Labute approximate surface area is 89.1 Å². The first-order valence-corrected chi connectivity index (χ1v) is 6.29. The van der Waals surface area contributed by atoms with E-state index >= 15 is 0 Å². The van der Waals surface area contributed by atoms with E-state index in [0.717, 1.165) is 0 Å². The molecule has 0 heterocycles. The van der Waals surface area contributed by atoms with Gasteiger partial charge in [-0.1, -0.05) is 12.1 Å².